The maximum Gasteiger partial charge on any atom is 0.331 e. The highest BCUT2D eigenvalue weighted by molar-refractivity contribution is 6.07. The third-order valence-electron chi connectivity index (χ3n) is 2.33. The van der Waals surface area contributed by atoms with Crippen LogP contribution >= 0.6 is 0 Å². The van der Waals surface area contributed by atoms with E-state index in [4.69, 9.17) is 9.84 Å². The molecule has 7 nitrogen and oxygen atoms in total. The predicted molar refractivity (Wildman–Crippen MR) is 73.2 cm³/mol. The Labute approximate surface area is 117 Å². The van der Waals surface area contributed by atoms with Gasteiger partial charge in [-0.15, -0.1) is 0 Å². The lowest BCUT2D eigenvalue weighted by Crippen LogP contribution is -2.41. The summed E-state index contributed by atoms with van der Waals surface area (Å²) in [6.07, 6.45) is 0. The van der Waals surface area contributed by atoms with E-state index in [0.717, 1.165) is 5.57 Å². The van der Waals surface area contributed by atoms with Crippen molar-refractivity contribution in [2.75, 3.05) is 19.8 Å². The molecule has 3 N–H and O–H groups in total. The van der Waals surface area contributed by atoms with Crippen molar-refractivity contribution < 1.29 is 24.2 Å². The smallest absolute Gasteiger partial charge is 0.331 e. The van der Waals surface area contributed by atoms with Crippen molar-refractivity contribution in [1.82, 2.24) is 10.6 Å². The van der Waals surface area contributed by atoms with Crippen LogP contribution in [0.5, 0.6) is 0 Å². The Morgan fingerprint density at radius 2 is 1.75 bits per heavy atom. The van der Waals surface area contributed by atoms with E-state index in [0.29, 0.717) is 6.61 Å². The number of imide groups is 1. The summed E-state index contributed by atoms with van der Waals surface area (Å²) in [4.78, 5) is 33.6. The normalized spacial score (nSPS) is 11.3. The fourth-order valence-corrected chi connectivity index (χ4v) is 1.05. The van der Waals surface area contributed by atoms with Gasteiger partial charge in [0.15, 0.2) is 0 Å². The van der Waals surface area contributed by atoms with Gasteiger partial charge in [0.2, 0.25) is 0 Å². The molecule has 0 bridgehead atoms. The van der Waals surface area contributed by atoms with Crippen LogP contribution in [0.1, 0.15) is 20.8 Å². The molecule has 112 valence electrons. The average Bonchev–Trinajstić information content (AvgIpc) is 2.35. The number of carboxylic acid groups (broad SMARTS) is 1. The molecule has 0 saturated carbocycles. The van der Waals surface area contributed by atoms with Crippen molar-refractivity contribution in [1.29, 1.82) is 0 Å². The minimum atomic E-state index is -1.20. The molecule has 0 aliphatic carbocycles. The first-order valence-corrected chi connectivity index (χ1v) is 5.97. The van der Waals surface area contributed by atoms with Crippen molar-refractivity contribution in [2.24, 2.45) is 0 Å². The van der Waals surface area contributed by atoms with E-state index in [1.165, 1.54) is 13.8 Å². The van der Waals surface area contributed by atoms with Crippen molar-refractivity contribution in [3.8, 4) is 0 Å². The van der Waals surface area contributed by atoms with Crippen LogP contribution in [0.2, 0.25) is 0 Å². The topological polar surface area (TPSA) is 105 Å². The summed E-state index contributed by atoms with van der Waals surface area (Å²) in [5.74, 6) is -1.95. The quantitative estimate of drug-likeness (QED) is 0.365. The zero-order chi connectivity index (χ0) is 15.7. The van der Waals surface area contributed by atoms with Crippen LogP contribution in [-0.4, -0.2) is 42.8 Å². The molecule has 0 heterocycles. The van der Waals surface area contributed by atoms with E-state index < -0.39 is 17.9 Å². The Bertz CT molecular complexity index is 440. The highest BCUT2D eigenvalue weighted by Crippen LogP contribution is 2.03. The highest BCUT2D eigenvalue weighted by Gasteiger charge is 2.14. The van der Waals surface area contributed by atoms with Gasteiger partial charge in [0.25, 0.3) is 5.91 Å². The second kappa shape index (κ2) is 8.87. The largest absolute Gasteiger partial charge is 0.478 e. The average molecular weight is 284 g/mol. The summed E-state index contributed by atoms with van der Waals surface area (Å²) >= 11 is 0. The van der Waals surface area contributed by atoms with Gasteiger partial charge in [-0.1, -0.05) is 12.2 Å². The Kier molecular flexibility index (Phi) is 7.91. The number of carboxylic acids is 1. The standard InChI is InChI=1S/C13H20N2O5/c1-8(2)7-20-6-5-14-13(19)15-11(16)9(3)10(4)12(17)18/h1,5-7H2,2-4H3,(H,17,18)(H2,14,15,16,19). The molecule has 7 heteroatoms. The lowest BCUT2D eigenvalue weighted by atomic mass is 10.1. The molecule has 0 saturated heterocycles. The molecule has 0 atom stereocenters. The van der Waals surface area contributed by atoms with Gasteiger partial charge < -0.3 is 15.2 Å². The van der Waals surface area contributed by atoms with E-state index in [2.05, 4.69) is 11.9 Å². The van der Waals surface area contributed by atoms with Crippen LogP contribution in [0.3, 0.4) is 0 Å². The summed E-state index contributed by atoms with van der Waals surface area (Å²) in [7, 11) is 0. The number of nitrogens with one attached hydrogen (secondary N) is 2. The highest BCUT2D eigenvalue weighted by atomic mass is 16.5. The van der Waals surface area contributed by atoms with Crippen molar-refractivity contribution >= 4 is 17.9 Å². The Hall–Kier alpha value is -2.15. The molecule has 0 unspecified atom stereocenters. The van der Waals surface area contributed by atoms with Gasteiger partial charge in [-0.25, -0.2) is 9.59 Å². The zero-order valence-corrected chi connectivity index (χ0v) is 11.9. The fourth-order valence-electron chi connectivity index (χ4n) is 1.05. The Morgan fingerprint density at radius 1 is 1.15 bits per heavy atom. The Balaban J connectivity index is 4.09. The summed E-state index contributed by atoms with van der Waals surface area (Å²) in [6.45, 7) is 9.02. The summed E-state index contributed by atoms with van der Waals surface area (Å²) in [5.41, 5.74) is 0.737. The number of carbonyl (C=O) groups excluding carboxylic acids is 2. The third-order valence-corrected chi connectivity index (χ3v) is 2.33. The molecule has 0 aliphatic rings. The number of hydrogen-bond acceptors (Lipinski definition) is 4. The molecule has 20 heavy (non-hydrogen) atoms. The predicted octanol–water partition coefficient (Wildman–Crippen LogP) is 0.826. The number of rotatable bonds is 7. The minimum Gasteiger partial charge on any atom is -0.478 e. The summed E-state index contributed by atoms with van der Waals surface area (Å²) in [6, 6.07) is -0.702. The molecule has 0 radical (unpaired) electrons. The maximum atomic E-state index is 11.5. The molecule has 0 aromatic carbocycles. The van der Waals surface area contributed by atoms with Crippen LogP contribution in [0.4, 0.5) is 4.79 Å². The molecule has 3 amide bonds. The first kappa shape index (κ1) is 17.8. The second-order valence-corrected chi connectivity index (χ2v) is 4.27. The SMILES string of the molecule is C=C(C)COCCNC(=O)NC(=O)C(C)=C(C)C(=O)O. The maximum absolute atomic E-state index is 11.5. The number of aliphatic carboxylic acids is 1. The zero-order valence-electron chi connectivity index (χ0n) is 11.9. The molecule has 0 aromatic heterocycles. The van der Waals surface area contributed by atoms with Crippen LogP contribution in [0.15, 0.2) is 23.3 Å². The number of hydrogen-bond donors (Lipinski definition) is 3. The van der Waals surface area contributed by atoms with E-state index in [-0.39, 0.29) is 24.3 Å². The van der Waals surface area contributed by atoms with E-state index >= 15 is 0 Å². The van der Waals surface area contributed by atoms with Gasteiger partial charge in [0.05, 0.1) is 13.2 Å². The molecule has 0 spiro atoms. The molecule has 0 fully saturated rings. The minimum absolute atomic E-state index is 0.0221. The van der Waals surface area contributed by atoms with Gasteiger partial charge >= 0.3 is 12.0 Å². The summed E-state index contributed by atoms with van der Waals surface area (Å²) in [5, 5.41) is 13.2. The lowest BCUT2D eigenvalue weighted by Gasteiger charge is -2.08. The van der Waals surface area contributed by atoms with Gasteiger partial charge in [-0.05, 0) is 20.8 Å². The molecule has 0 rings (SSSR count). The molecule has 0 aromatic rings. The number of amides is 3. The number of carbonyl (C=O) groups is 3. The monoisotopic (exact) mass is 284 g/mol. The van der Waals surface area contributed by atoms with Gasteiger partial charge in [-0.2, -0.15) is 0 Å². The van der Waals surface area contributed by atoms with E-state index in [9.17, 15) is 14.4 Å². The second-order valence-electron chi connectivity index (χ2n) is 4.27. The van der Waals surface area contributed by atoms with Gasteiger partial charge in [-0.3, -0.25) is 10.1 Å². The lowest BCUT2D eigenvalue weighted by molar-refractivity contribution is -0.133. The van der Waals surface area contributed by atoms with E-state index in [1.54, 1.807) is 0 Å². The van der Waals surface area contributed by atoms with Crippen LogP contribution in [0.25, 0.3) is 0 Å². The number of ether oxygens (including phenoxy) is 1. The van der Waals surface area contributed by atoms with Crippen LogP contribution < -0.4 is 10.6 Å². The fraction of sp³-hybridized carbons (Fsp3) is 0.462. The number of urea groups is 1. The third kappa shape index (κ3) is 7.32. The van der Waals surface area contributed by atoms with Gasteiger partial charge in [0.1, 0.15) is 0 Å². The van der Waals surface area contributed by atoms with Crippen LogP contribution in [-0.2, 0) is 14.3 Å². The van der Waals surface area contributed by atoms with Crippen LogP contribution in [0, 0.1) is 0 Å². The van der Waals surface area contributed by atoms with E-state index in [1.807, 2.05) is 12.2 Å². The van der Waals surface area contributed by atoms with Crippen molar-refractivity contribution in [2.45, 2.75) is 20.8 Å². The summed E-state index contributed by atoms with van der Waals surface area (Å²) < 4.78 is 5.15. The molecule has 0 aliphatic heterocycles. The molecular weight excluding hydrogens is 264 g/mol. The van der Waals surface area contributed by atoms with Gasteiger partial charge in [0, 0.05) is 17.7 Å². The Morgan fingerprint density at radius 3 is 2.25 bits per heavy atom. The first-order valence-electron chi connectivity index (χ1n) is 5.97. The van der Waals surface area contributed by atoms with Crippen molar-refractivity contribution in [3.05, 3.63) is 23.3 Å². The van der Waals surface area contributed by atoms with Crippen molar-refractivity contribution in [3.63, 3.8) is 0 Å². The first-order chi connectivity index (χ1) is 9.25. The molecular formula is C13H20N2O5.